The number of aldehydes is 1. The third-order valence-corrected chi connectivity index (χ3v) is 3.64. The van der Waals surface area contributed by atoms with Gasteiger partial charge in [0.25, 0.3) is 0 Å². The number of imidazole rings is 1. The van der Waals surface area contributed by atoms with Crippen molar-refractivity contribution in [1.82, 2.24) is 9.38 Å². The molecule has 3 aromatic rings. The van der Waals surface area contributed by atoms with Crippen LogP contribution in [0, 0.1) is 6.92 Å². The molecule has 0 aliphatic carbocycles. The molecular formula is C17H16N2O. The van der Waals surface area contributed by atoms with Crippen molar-refractivity contribution in [3.8, 4) is 0 Å². The van der Waals surface area contributed by atoms with Crippen molar-refractivity contribution >= 4 is 11.8 Å². The third-order valence-electron chi connectivity index (χ3n) is 3.64. The second-order valence-corrected chi connectivity index (χ2v) is 4.91. The molecule has 0 aliphatic heterocycles. The molecule has 0 atom stereocenters. The summed E-state index contributed by atoms with van der Waals surface area (Å²) in [5.41, 5.74) is 4.02. The Hall–Kier alpha value is -2.42. The molecule has 0 amide bonds. The van der Waals surface area contributed by atoms with Gasteiger partial charge in [-0.05, 0) is 36.6 Å². The molecule has 2 heterocycles. The fourth-order valence-corrected chi connectivity index (χ4v) is 2.53. The van der Waals surface area contributed by atoms with E-state index in [1.807, 2.05) is 34.9 Å². The summed E-state index contributed by atoms with van der Waals surface area (Å²) < 4.78 is 2.00. The number of carbonyl (C=O) groups is 1. The highest BCUT2D eigenvalue weighted by Crippen LogP contribution is 2.15. The fraction of sp³-hybridized carbons (Fsp3) is 0.176. The average Bonchev–Trinajstić information content (AvgIpc) is 2.85. The standard InChI is InChI=1S/C17H16N2O/c1-13-6-2-3-7-14(13)9-10-17-18-15(12-20)16-8-4-5-11-19(16)17/h2-8,11-12H,9-10H2,1H3. The number of aryl methyl sites for hydroxylation is 3. The normalized spacial score (nSPS) is 10.8. The molecule has 1 aromatic carbocycles. The highest BCUT2D eigenvalue weighted by Gasteiger charge is 2.10. The van der Waals surface area contributed by atoms with Crippen LogP contribution in [0.2, 0.25) is 0 Å². The average molecular weight is 264 g/mol. The first-order chi connectivity index (χ1) is 9.79. The number of aromatic nitrogens is 2. The molecule has 0 fully saturated rings. The van der Waals surface area contributed by atoms with E-state index in [0.29, 0.717) is 5.69 Å². The maximum atomic E-state index is 11.1. The molecule has 0 radical (unpaired) electrons. The minimum Gasteiger partial charge on any atom is -0.303 e. The number of nitrogens with zero attached hydrogens (tertiary/aromatic N) is 2. The molecule has 0 saturated heterocycles. The monoisotopic (exact) mass is 264 g/mol. The van der Waals surface area contributed by atoms with Crippen molar-refractivity contribution in [2.75, 3.05) is 0 Å². The van der Waals surface area contributed by atoms with Gasteiger partial charge in [0.15, 0.2) is 6.29 Å². The fourth-order valence-electron chi connectivity index (χ4n) is 2.53. The van der Waals surface area contributed by atoms with Gasteiger partial charge in [-0.3, -0.25) is 4.79 Å². The number of rotatable bonds is 4. The zero-order valence-electron chi connectivity index (χ0n) is 11.4. The summed E-state index contributed by atoms with van der Waals surface area (Å²) in [6.45, 7) is 2.12. The van der Waals surface area contributed by atoms with E-state index >= 15 is 0 Å². The van der Waals surface area contributed by atoms with Crippen molar-refractivity contribution in [3.63, 3.8) is 0 Å². The molecule has 0 spiro atoms. The second kappa shape index (κ2) is 5.29. The van der Waals surface area contributed by atoms with Crippen LogP contribution >= 0.6 is 0 Å². The van der Waals surface area contributed by atoms with E-state index in [2.05, 4.69) is 30.1 Å². The van der Waals surface area contributed by atoms with Gasteiger partial charge in [-0.15, -0.1) is 0 Å². The van der Waals surface area contributed by atoms with Crippen LogP contribution in [-0.4, -0.2) is 15.7 Å². The summed E-state index contributed by atoms with van der Waals surface area (Å²) in [5.74, 6) is 0.936. The topological polar surface area (TPSA) is 34.4 Å². The van der Waals surface area contributed by atoms with Crippen LogP contribution < -0.4 is 0 Å². The van der Waals surface area contributed by atoms with Crippen LogP contribution in [0.5, 0.6) is 0 Å². The Morgan fingerprint density at radius 3 is 2.70 bits per heavy atom. The van der Waals surface area contributed by atoms with Crippen molar-refractivity contribution in [2.45, 2.75) is 19.8 Å². The lowest BCUT2D eigenvalue weighted by atomic mass is 10.0. The molecule has 20 heavy (non-hydrogen) atoms. The van der Waals surface area contributed by atoms with Gasteiger partial charge in [0, 0.05) is 12.6 Å². The smallest absolute Gasteiger partial charge is 0.170 e. The van der Waals surface area contributed by atoms with E-state index in [1.54, 1.807) is 0 Å². The van der Waals surface area contributed by atoms with E-state index < -0.39 is 0 Å². The lowest BCUT2D eigenvalue weighted by Gasteiger charge is -2.05. The lowest BCUT2D eigenvalue weighted by molar-refractivity contribution is 0.112. The Kier molecular flexibility index (Phi) is 3.33. The van der Waals surface area contributed by atoms with E-state index in [0.717, 1.165) is 30.5 Å². The third kappa shape index (κ3) is 2.23. The van der Waals surface area contributed by atoms with Crippen LogP contribution in [0.25, 0.3) is 5.52 Å². The summed E-state index contributed by atoms with van der Waals surface area (Å²) in [4.78, 5) is 15.5. The molecule has 0 N–H and O–H groups in total. The maximum Gasteiger partial charge on any atom is 0.170 e. The minimum absolute atomic E-state index is 0.519. The summed E-state index contributed by atoms with van der Waals surface area (Å²) in [5, 5.41) is 0. The van der Waals surface area contributed by atoms with Gasteiger partial charge in [0.1, 0.15) is 11.5 Å². The van der Waals surface area contributed by atoms with Crippen LogP contribution in [0.1, 0.15) is 27.4 Å². The van der Waals surface area contributed by atoms with Gasteiger partial charge in [0.05, 0.1) is 5.52 Å². The Bertz CT molecular complexity index is 759. The Balaban J connectivity index is 1.92. The zero-order chi connectivity index (χ0) is 13.9. The van der Waals surface area contributed by atoms with Crippen LogP contribution in [0.4, 0.5) is 0 Å². The van der Waals surface area contributed by atoms with Crippen molar-refractivity contribution < 1.29 is 4.79 Å². The molecule has 0 aliphatic rings. The summed E-state index contributed by atoms with van der Waals surface area (Å²) in [6, 6.07) is 14.2. The van der Waals surface area contributed by atoms with E-state index in [9.17, 15) is 4.79 Å². The number of fused-ring (bicyclic) bond motifs is 1. The Morgan fingerprint density at radius 2 is 1.90 bits per heavy atom. The quantitative estimate of drug-likeness (QED) is 0.678. The van der Waals surface area contributed by atoms with Gasteiger partial charge < -0.3 is 4.40 Å². The zero-order valence-corrected chi connectivity index (χ0v) is 11.4. The molecule has 100 valence electrons. The molecule has 3 rings (SSSR count). The van der Waals surface area contributed by atoms with E-state index in [1.165, 1.54) is 11.1 Å². The summed E-state index contributed by atoms with van der Waals surface area (Å²) in [7, 11) is 0. The van der Waals surface area contributed by atoms with Crippen molar-refractivity contribution in [2.24, 2.45) is 0 Å². The number of benzene rings is 1. The van der Waals surface area contributed by atoms with Crippen LogP contribution in [0.15, 0.2) is 48.7 Å². The Morgan fingerprint density at radius 1 is 1.10 bits per heavy atom. The molecular weight excluding hydrogens is 248 g/mol. The maximum absolute atomic E-state index is 11.1. The van der Waals surface area contributed by atoms with Gasteiger partial charge in [0.2, 0.25) is 0 Å². The number of carbonyl (C=O) groups excluding carboxylic acids is 1. The minimum atomic E-state index is 0.519. The highest BCUT2D eigenvalue weighted by molar-refractivity contribution is 5.83. The van der Waals surface area contributed by atoms with Gasteiger partial charge in [-0.25, -0.2) is 4.98 Å². The highest BCUT2D eigenvalue weighted by atomic mass is 16.1. The molecule has 0 saturated carbocycles. The summed E-state index contributed by atoms with van der Waals surface area (Å²) in [6.07, 6.45) is 4.54. The molecule has 3 heteroatoms. The second-order valence-electron chi connectivity index (χ2n) is 4.91. The number of pyridine rings is 1. The Labute approximate surface area is 117 Å². The SMILES string of the molecule is Cc1ccccc1CCc1nc(C=O)c2ccccn12. The molecule has 2 aromatic heterocycles. The van der Waals surface area contributed by atoms with Crippen molar-refractivity contribution in [1.29, 1.82) is 0 Å². The van der Waals surface area contributed by atoms with Crippen LogP contribution in [-0.2, 0) is 12.8 Å². The molecule has 0 unspecified atom stereocenters. The van der Waals surface area contributed by atoms with Crippen molar-refractivity contribution in [3.05, 3.63) is 71.3 Å². The largest absolute Gasteiger partial charge is 0.303 e. The van der Waals surface area contributed by atoms with Crippen LogP contribution in [0.3, 0.4) is 0 Å². The van der Waals surface area contributed by atoms with E-state index in [4.69, 9.17) is 0 Å². The summed E-state index contributed by atoms with van der Waals surface area (Å²) >= 11 is 0. The first kappa shape index (κ1) is 12.6. The van der Waals surface area contributed by atoms with Gasteiger partial charge in [-0.1, -0.05) is 30.3 Å². The van der Waals surface area contributed by atoms with E-state index in [-0.39, 0.29) is 0 Å². The first-order valence-electron chi connectivity index (χ1n) is 6.75. The predicted molar refractivity (Wildman–Crippen MR) is 79.2 cm³/mol. The predicted octanol–water partition coefficient (Wildman–Crippen LogP) is 3.24. The number of hydrogen-bond acceptors (Lipinski definition) is 2. The first-order valence-corrected chi connectivity index (χ1v) is 6.75. The lowest BCUT2D eigenvalue weighted by Crippen LogP contribution is -1.99. The molecule has 3 nitrogen and oxygen atoms in total. The molecule has 0 bridgehead atoms. The number of hydrogen-bond donors (Lipinski definition) is 0. The van der Waals surface area contributed by atoms with Gasteiger partial charge >= 0.3 is 0 Å². The van der Waals surface area contributed by atoms with Gasteiger partial charge in [-0.2, -0.15) is 0 Å².